The number of nitrogens with one attached hydrogen (secondary N) is 1. The Balaban J connectivity index is 2.02. The largest absolute Gasteiger partial charge is 0.383 e. The normalized spacial score (nSPS) is 19.7. The van der Waals surface area contributed by atoms with Crippen molar-refractivity contribution in [3.63, 3.8) is 0 Å². The first-order valence-electron chi connectivity index (χ1n) is 7.12. The van der Waals surface area contributed by atoms with Crippen molar-refractivity contribution in [3.05, 3.63) is 29.8 Å². The van der Waals surface area contributed by atoms with Crippen molar-refractivity contribution in [2.45, 2.75) is 23.8 Å². The van der Waals surface area contributed by atoms with Gasteiger partial charge < -0.3 is 4.74 Å². The Kier molecular flexibility index (Phi) is 5.85. The third kappa shape index (κ3) is 4.22. The number of likely N-dealkylation sites (tertiary alicyclic amines) is 1. The fourth-order valence-corrected chi connectivity index (χ4v) is 3.76. The van der Waals surface area contributed by atoms with Gasteiger partial charge in [0.05, 0.1) is 6.61 Å². The van der Waals surface area contributed by atoms with Gasteiger partial charge in [0.2, 0.25) is 10.0 Å². The number of benzene rings is 1. The maximum atomic E-state index is 13.6. The van der Waals surface area contributed by atoms with E-state index in [1.165, 1.54) is 0 Å². The van der Waals surface area contributed by atoms with Crippen LogP contribution >= 0.6 is 0 Å². The Hall–Kier alpha value is -1.09. The van der Waals surface area contributed by atoms with Crippen LogP contribution in [-0.4, -0.2) is 52.7 Å². The van der Waals surface area contributed by atoms with E-state index in [1.54, 1.807) is 7.11 Å². The molecule has 0 unspecified atom stereocenters. The molecule has 1 heterocycles. The molecule has 1 atom stereocenters. The zero-order chi connectivity index (χ0) is 16.2. The molecule has 0 bridgehead atoms. The number of ether oxygens (including phenoxy) is 1. The molecule has 0 aliphatic carbocycles. The van der Waals surface area contributed by atoms with E-state index in [2.05, 4.69) is 9.62 Å². The molecular weight excluding hydrogens is 314 g/mol. The molecule has 0 radical (unpaired) electrons. The van der Waals surface area contributed by atoms with Crippen molar-refractivity contribution in [1.82, 2.24) is 9.62 Å². The van der Waals surface area contributed by atoms with Crippen LogP contribution in [0.1, 0.15) is 12.8 Å². The van der Waals surface area contributed by atoms with Crippen LogP contribution in [0.4, 0.5) is 8.78 Å². The number of methoxy groups -OCH3 is 1. The molecule has 1 aliphatic rings. The van der Waals surface area contributed by atoms with Crippen LogP contribution in [0.15, 0.2) is 23.1 Å². The summed E-state index contributed by atoms with van der Waals surface area (Å²) < 4.78 is 58.4. The number of sulfonamides is 1. The van der Waals surface area contributed by atoms with Crippen LogP contribution in [-0.2, 0) is 14.8 Å². The van der Waals surface area contributed by atoms with Crippen LogP contribution in [0.3, 0.4) is 0 Å². The highest BCUT2D eigenvalue weighted by atomic mass is 32.2. The first kappa shape index (κ1) is 17.3. The van der Waals surface area contributed by atoms with Gasteiger partial charge in [0.15, 0.2) is 0 Å². The Morgan fingerprint density at radius 1 is 1.41 bits per heavy atom. The lowest BCUT2D eigenvalue weighted by Crippen LogP contribution is -2.41. The summed E-state index contributed by atoms with van der Waals surface area (Å²) in [5.41, 5.74) is 0. The van der Waals surface area contributed by atoms with E-state index >= 15 is 0 Å². The minimum absolute atomic E-state index is 0.0431. The quantitative estimate of drug-likeness (QED) is 0.818. The zero-order valence-electron chi connectivity index (χ0n) is 12.4. The highest BCUT2D eigenvalue weighted by Gasteiger charge is 2.27. The summed E-state index contributed by atoms with van der Waals surface area (Å²) in [5.74, 6) is -1.75. The monoisotopic (exact) mass is 334 g/mol. The van der Waals surface area contributed by atoms with Crippen molar-refractivity contribution < 1.29 is 21.9 Å². The van der Waals surface area contributed by atoms with Gasteiger partial charge in [-0.1, -0.05) is 0 Å². The maximum Gasteiger partial charge on any atom is 0.243 e. The molecular formula is C14H20F2N2O3S. The van der Waals surface area contributed by atoms with E-state index in [9.17, 15) is 17.2 Å². The lowest BCUT2D eigenvalue weighted by molar-refractivity contribution is 0.141. The number of rotatable bonds is 7. The van der Waals surface area contributed by atoms with Gasteiger partial charge in [0.1, 0.15) is 16.5 Å². The minimum Gasteiger partial charge on any atom is -0.383 e. The Bertz CT molecular complexity index is 610. The summed E-state index contributed by atoms with van der Waals surface area (Å²) in [6.07, 6.45) is 1.84. The van der Waals surface area contributed by atoms with Crippen LogP contribution in [0, 0.1) is 11.6 Å². The summed E-state index contributed by atoms with van der Waals surface area (Å²) in [6.45, 7) is 2.34. The molecule has 2 rings (SSSR count). The second-order valence-electron chi connectivity index (χ2n) is 5.25. The third-order valence-corrected chi connectivity index (χ3v) is 5.21. The van der Waals surface area contributed by atoms with Crippen LogP contribution in [0.25, 0.3) is 0 Å². The summed E-state index contributed by atoms with van der Waals surface area (Å²) in [6, 6.07) is 2.43. The zero-order valence-corrected chi connectivity index (χ0v) is 13.2. The number of hydrogen-bond acceptors (Lipinski definition) is 4. The van der Waals surface area contributed by atoms with Crippen molar-refractivity contribution in [1.29, 1.82) is 0 Å². The second-order valence-corrected chi connectivity index (χ2v) is 6.99. The number of halogens is 2. The standard InChI is InChI=1S/C14H20F2N2O3S/c1-21-8-7-18-6-2-3-12(18)10-17-22(19,20)14-9-11(15)4-5-13(14)16/h4-5,9,12,17H,2-3,6-8,10H2,1H3/t12-/m0/s1. The van der Waals surface area contributed by atoms with E-state index in [1.807, 2.05) is 0 Å². The van der Waals surface area contributed by atoms with E-state index in [-0.39, 0.29) is 12.6 Å². The summed E-state index contributed by atoms with van der Waals surface area (Å²) in [5, 5.41) is 0. The van der Waals surface area contributed by atoms with Gasteiger partial charge in [-0.05, 0) is 37.6 Å². The van der Waals surface area contributed by atoms with Crippen LogP contribution in [0.2, 0.25) is 0 Å². The van der Waals surface area contributed by atoms with Crippen LogP contribution < -0.4 is 4.72 Å². The fourth-order valence-electron chi connectivity index (χ4n) is 2.60. The SMILES string of the molecule is COCCN1CCC[C@H]1CNS(=O)(=O)c1cc(F)ccc1F. The first-order valence-corrected chi connectivity index (χ1v) is 8.60. The molecule has 8 heteroatoms. The Labute approximate surface area is 129 Å². The molecule has 0 spiro atoms. The minimum atomic E-state index is -4.07. The van der Waals surface area contributed by atoms with E-state index < -0.39 is 26.6 Å². The average molecular weight is 334 g/mol. The maximum absolute atomic E-state index is 13.6. The van der Waals surface area contributed by atoms with Gasteiger partial charge in [-0.25, -0.2) is 21.9 Å². The van der Waals surface area contributed by atoms with Gasteiger partial charge in [0, 0.05) is 26.2 Å². The Morgan fingerprint density at radius 2 is 2.18 bits per heavy atom. The molecule has 1 aliphatic heterocycles. The summed E-state index contributed by atoms with van der Waals surface area (Å²) in [7, 11) is -2.46. The number of nitrogens with zero attached hydrogens (tertiary/aromatic N) is 1. The first-order chi connectivity index (χ1) is 10.4. The van der Waals surface area contributed by atoms with E-state index in [4.69, 9.17) is 4.74 Å². The molecule has 1 fully saturated rings. The molecule has 1 aromatic rings. The van der Waals surface area contributed by atoms with E-state index in [0.717, 1.165) is 38.1 Å². The van der Waals surface area contributed by atoms with Gasteiger partial charge in [-0.2, -0.15) is 0 Å². The van der Waals surface area contributed by atoms with Crippen molar-refractivity contribution in [2.24, 2.45) is 0 Å². The molecule has 0 saturated carbocycles. The fraction of sp³-hybridized carbons (Fsp3) is 0.571. The number of hydrogen-bond donors (Lipinski definition) is 1. The molecule has 124 valence electrons. The molecule has 0 aromatic heterocycles. The van der Waals surface area contributed by atoms with Gasteiger partial charge in [-0.15, -0.1) is 0 Å². The topological polar surface area (TPSA) is 58.6 Å². The van der Waals surface area contributed by atoms with Gasteiger partial charge in [-0.3, -0.25) is 4.90 Å². The molecule has 5 nitrogen and oxygen atoms in total. The smallest absolute Gasteiger partial charge is 0.243 e. The van der Waals surface area contributed by atoms with Gasteiger partial charge >= 0.3 is 0 Å². The van der Waals surface area contributed by atoms with Crippen LogP contribution in [0.5, 0.6) is 0 Å². The predicted octanol–water partition coefficient (Wildman–Crippen LogP) is 1.35. The predicted molar refractivity (Wildman–Crippen MR) is 78.0 cm³/mol. The lowest BCUT2D eigenvalue weighted by Gasteiger charge is -2.24. The molecule has 1 N–H and O–H groups in total. The summed E-state index contributed by atoms with van der Waals surface area (Å²) >= 11 is 0. The highest BCUT2D eigenvalue weighted by molar-refractivity contribution is 7.89. The van der Waals surface area contributed by atoms with Gasteiger partial charge in [0.25, 0.3) is 0 Å². The second kappa shape index (κ2) is 7.45. The molecule has 0 amide bonds. The average Bonchev–Trinajstić information content (AvgIpc) is 2.93. The Morgan fingerprint density at radius 3 is 2.91 bits per heavy atom. The summed E-state index contributed by atoms with van der Waals surface area (Å²) in [4.78, 5) is 1.47. The lowest BCUT2D eigenvalue weighted by atomic mass is 10.2. The van der Waals surface area contributed by atoms with E-state index in [0.29, 0.717) is 12.7 Å². The molecule has 1 aromatic carbocycles. The molecule has 1 saturated heterocycles. The highest BCUT2D eigenvalue weighted by Crippen LogP contribution is 2.19. The third-order valence-electron chi connectivity index (χ3n) is 3.77. The van der Waals surface area contributed by atoms with Crippen molar-refractivity contribution >= 4 is 10.0 Å². The van der Waals surface area contributed by atoms with Crippen molar-refractivity contribution in [3.8, 4) is 0 Å². The molecule has 22 heavy (non-hydrogen) atoms. The van der Waals surface area contributed by atoms with Crippen molar-refractivity contribution in [2.75, 3.05) is 33.4 Å².